The quantitative estimate of drug-likeness (QED) is 0.332. The number of hydrogen-bond acceptors (Lipinski definition) is 2. The summed E-state index contributed by atoms with van der Waals surface area (Å²) >= 11 is 0. The Kier molecular flexibility index (Phi) is 5.71. The molecule has 0 aromatic carbocycles. The fraction of sp³-hybridized carbons (Fsp3) is 0.500. The molecular weight excluding hydrogens is 104 g/mol. The lowest BCUT2D eigenvalue weighted by atomic mass is 10.7. The zero-order valence-corrected chi connectivity index (χ0v) is 4.92. The minimum absolute atomic E-state index is 0.0574. The van der Waals surface area contributed by atoms with E-state index >= 15 is 0 Å². The van der Waals surface area contributed by atoms with E-state index in [2.05, 4.69) is 5.73 Å². The number of aliphatic hydroxyl groups excluding tert-OH is 1. The third kappa shape index (κ3) is 5.28. The molecule has 0 atom stereocenters. The van der Waals surface area contributed by atoms with Crippen molar-refractivity contribution in [1.29, 1.82) is 0 Å². The topological polar surface area (TPSA) is 29.5 Å². The molecule has 0 aromatic heterocycles. The van der Waals surface area contributed by atoms with Crippen molar-refractivity contribution < 1.29 is 9.84 Å². The highest BCUT2D eigenvalue weighted by Gasteiger charge is 1.71. The van der Waals surface area contributed by atoms with Gasteiger partial charge in [-0.1, -0.05) is 5.73 Å². The van der Waals surface area contributed by atoms with Crippen molar-refractivity contribution in [2.24, 2.45) is 0 Å². The molecule has 0 aliphatic rings. The maximum absolute atomic E-state index is 8.18. The molecule has 1 N–H and O–H groups in total. The highest BCUT2D eigenvalue weighted by molar-refractivity contribution is 4.73. The summed E-state index contributed by atoms with van der Waals surface area (Å²) in [5.74, 6) is 0. The molecule has 0 amide bonds. The van der Waals surface area contributed by atoms with Gasteiger partial charge in [-0.2, -0.15) is 0 Å². The first-order valence-corrected chi connectivity index (χ1v) is 2.50. The van der Waals surface area contributed by atoms with E-state index < -0.39 is 0 Å². The molecule has 0 fully saturated rings. The third-order valence-electron chi connectivity index (χ3n) is 0.527. The third-order valence-corrected chi connectivity index (χ3v) is 0.527. The lowest BCUT2D eigenvalue weighted by molar-refractivity contribution is 0.166. The first kappa shape index (κ1) is 7.28. The maximum atomic E-state index is 8.18. The fourth-order valence-electron chi connectivity index (χ4n) is 0.228. The van der Waals surface area contributed by atoms with Gasteiger partial charge in [-0.15, -0.1) is 0 Å². The standard InChI is InChI=1S/C6H10O2/c1-2-3-5-8-6-4-7/h2,5,7H,4,6H2,1H3. The van der Waals surface area contributed by atoms with E-state index in [4.69, 9.17) is 9.84 Å². The Morgan fingerprint density at radius 1 is 1.75 bits per heavy atom. The summed E-state index contributed by atoms with van der Waals surface area (Å²) in [5, 5.41) is 8.18. The SMILES string of the molecule is CC=C=COCCO. The van der Waals surface area contributed by atoms with E-state index in [1.165, 1.54) is 6.26 Å². The largest absolute Gasteiger partial charge is 0.491 e. The van der Waals surface area contributed by atoms with Crippen LogP contribution in [0.3, 0.4) is 0 Å². The molecular formula is C6H10O2. The van der Waals surface area contributed by atoms with Crippen LogP contribution in [0.1, 0.15) is 6.92 Å². The molecule has 2 heteroatoms. The fourth-order valence-corrected chi connectivity index (χ4v) is 0.228. The summed E-state index contributed by atoms with van der Waals surface area (Å²) in [5.41, 5.74) is 2.70. The summed E-state index contributed by atoms with van der Waals surface area (Å²) in [6.07, 6.45) is 3.16. The average Bonchev–Trinajstić information content (AvgIpc) is 1.81. The van der Waals surface area contributed by atoms with Crippen LogP contribution in [0.4, 0.5) is 0 Å². The molecule has 0 aliphatic carbocycles. The molecule has 0 aliphatic heterocycles. The predicted molar refractivity (Wildman–Crippen MR) is 31.4 cm³/mol. The zero-order valence-electron chi connectivity index (χ0n) is 4.92. The molecule has 0 unspecified atom stereocenters. The summed E-state index contributed by atoms with van der Waals surface area (Å²) < 4.78 is 4.71. The Hall–Kier alpha value is -0.720. The highest BCUT2D eigenvalue weighted by Crippen LogP contribution is 1.71. The maximum Gasteiger partial charge on any atom is 0.125 e. The Morgan fingerprint density at radius 2 is 2.50 bits per heavy atom. The Bertz CT molecular complexity index is 90.7. The lowest BCUT2D eigenvalue weighted by Gasteiger charge is -1.89. The van der Waals surface area contributed by atoms with Crippen LogP contribution in [0.25, 0.3) is 0 Å². The molecule has 0 saturated carbocycles. The molecule has 8 heavy (non-hydrogen) atoms. The van der Waals surface area contributed by atoms with Crippen LogP contribution < -0.4 is 0 Å². The van der Waals surface area contributed by atoms with Crippen LogP contribution in [0.2, 0.25) is 0 Å². The van der Waals surface area contributed by atoms with Gasteiger partial charge in [0.2, 0.25) is 0 Å². The smallest absolute Gasteiger partial charge is 0.125 e. The second kappa shape index (κ2) is 6.28. The summed E-state index contributed by atoms with van der Waals surface area (Å²) in [6, 6.07) is 0. The Labute approximate surface area is 49.1 Å². The molecule has 0 heterocycles. The van der Waals surface area contributed by atoms with Gasteiger partial charge in [0.05, 0.1) is 6.61 Å². The predicted octanol–water partition coefficient (Wildman–Crippen LogP) is 0.684. The highest BCUT2D eigenvalue weighted by atomic mass is 16.5. The van der Waals surface area contributed by atoms with Crippen molar-refractivity contribution >= 4 is 0 Å². The van der Waals surface area contributed by atoms with Crippen molar-refractivity contribution in [3.63, 3.8) is 0 Å². The van der Waals surface area contributed by atoms with Crippen molar-refractivity contribution in [2.45, 2.75) is 6.92 Å². The van der Waals surface area contributed by atoms with Crippen molar-refractivity contribution in [3.05, 3.63) is 18.1 Å². The van der Waals surface area contributed by atoms with Crippen molar-refractivity contribution in [1.82, 2.24) is 0 Å². The van der Waals surface area contributed by atoms with E-state index in [0.29, 0.717) is 6.61 Å². The summed E-state index contributed by atoms with van der Waals surface area (Å²) in [6.45, 7) is 2.25. The second-order valence-electron chi connectivity index (χ2n) is 1.17. The van der Waals surface area contributed by atoms with E-state index in [9.17, 15) is 0 Å². The zero-order chi connectivity index (χ0) is 6.24. The number of aliphatic hydroxyl groups is 1. The monoisotopic (exact) mass is 114 g/mol. The number of rotatable bonds is 3. The van der Waals surface area contributed by atoms with Gasteiger partial charge in [-0.05, 0) is 13.0 Å². The molecule has 0 aromatic rings. The van der Waals surface area contributed by atoms with E-state index in [-0.39, 0.29) is 6.61 Å². The molecule has 46 valence electrons. The van der Waals surface area contributed by atoms with E-state index in [0.717, 1.165) is 0 Å². The average molecular weight is 114 g/mol. The minimum Gasteiger partial charge on any atom is -0.491 e. The van der Waals surface area contributed by atoms with Crippen molar-refractivity contribution in [2.75, 3.05) is 13.2 Å². The second-order valence-corrected chi connectivity index (χ2v) is 1.17. The number of ether oxygens (including phenoxy) is 1. The molecule has 0 saturated heterocycles. The molecule has 0 bridgehead atoms. The van der Waals surface area contributed by atoms with Crippen LogP contribution >= 0.6 is 0 Å². The first-order chi connectivity index (χ1) is 3.91. The number of hydrogen-bond donors (Lipinski definition) is 1. The van der Waals surface area contributed by atoms with Gasteiger partial charge in [-0.3, -0.25) is 0 Å². The Balaban J connectivity index is 3.04. The lowest BCUT2D eigenvalue weighted by Crippen LogP contribution is -1.91. The van der Waals surface area contributed by atoms with E-state index in [1.807, 2.05) is 6.92 Å². The van der Waals surface area contributed by atoms with Gasteiger partial charge in [0.25, 0.3) is 0 Å². The first-order valence-electron chi connectivity index (χ1n) is 2.50. The summed E-state index contributed by atoms with van der Waals surface area (Å²) in [7, 11) is 0. The minimum atomic E-state index is 0.0574. The Morgan fingerprint density at radius 3 is 3.00 bits per heavy atom. The van der Waals surface area contributed by atoms with Crippen LogP contribution in [0.15, 0.2) is 18.1 Å². The molecule has 0 radical (unpaired) electrons. The van der Waals surface area contributed by atoms with Gasteiger partial charge in [0.1, 0.15) is 12.9 Å². The number of allylic oxidation sites excluding steroid dienone is 1. The summed E-state index contributed by atoms with van der Waals surface area (Å²) in [4.78, 5) is 0. The van der Waals surface area contributed by atoms with Gasteiger partial charge in [0, 0.05) is 0 Å². The van der Waals surface area contributed by atoms with E-state index in [1.54, 1.807) is 6.08 Å². The molecule has 0 spiro atoms. The van der Waals surface area contributed by atoms with Crippen LogP contribution in [-0.4, -0.2) is 18.3 Å². The molecule has 2 nitrogen and oxygen atoms in total. The van der Waals surface area contributed by atoms with Gasteiger partial charge >= 0.3 is 0 Å². The van der Waals surface area contributed by atoms with Gasteiger partial charge < -0.3 is 9.84 Å². The van der Waals surface area contributed by atoms with Crippen LogP contribution in [-0.2, 0) is 4.74 Å². The van der Waals surface area contributed by atoms with Crippen molar-refractivity contribution in [3.8, 4) is 0 Å². The van der Waals surface area contributed by atoms with Gasteiger partial charge in [-0.25, -0.2) is 0 Å². The molecule has 0 rings (SSSR count). The van der Waals surface area contributed by atoms with Crippen LogP contribution in [0.5, 0.6) is 0 Å². The normalized spacial score (nSPS) is 7.25. The van der Waals surface area contributed by atoms with Gasteiger partial charge in [0.15, 0.2) is 0 Å². The van der Waals surface area contributed by atoms with Crippen LogP contribution in [0, 0.1) is 0 Å².